The van der Waals surface area contributed by atoms with Gasteiger partial charge in [-0.1, -0.05) is 42.5 Å². The summed E-state index contributed by atoms with van der Waals surface area (Å²) in [6, 6.07) is 24.6. The SMILES string of the molecule is Cn1cc2cc(-c3ccc(C#N)cc3)cc(COCC3(c4ccccc4)CCN(C(=O)OC(C)(C)C)CC3)c2n1. The van der Waals surface area contributed by atoms with Crippen molar-refractivity contribution in [3.8, 4) is 17.2 Å². The summed E-state index contributed by atoms with van der Waals surface area (Å²) in [7, 11) is 1.93. The maximum Gasteiger partial charge on any atom is 0.410 e. The lowest BCUT2D eigenvalue weighted by Gasteiger charge is -2.42. The largest absolute Gasteiger partial charge is 0.444 e. The van der Waals surface area contributed by atoms with Gasteiger partial charge in [-0.25, -0.2) is 4.79 Å². The first-order valence-corrected chi connectivity index (χ1v) is 13.7. The predicted octanol–water partition coefficient (Wildman–Crippen LogP) is 6.60. The molecular weight excluding hydrogens is 500 g/mol. The van der Waals surface area contributed by atoms with Crippen LogP contribution in [0, 0.1) is 11.3 Å². The molecule has 0 radical (unpaired) electrons. The lowest BCUT2D eigenvalue weighted by atomic mass is 9.73. The summed E-state index contributed by atoms with van der Waals surface area (Å²) in [6.45, 7) is 7.87. The number of aryl methyl sites for hydroxylation is 1. The van der Waals surface area contributed by atoms with Gasteiger partial charge < -0.3 is 14.4 Å². The van der Waals surface area contributed by atoms with Gasteiger partial charge in [-0.2, -0.15) is 10.4 Å². The van der Waals surface area contributed by atoms with Crippen LogP contribution in [0.25, 0.3) is 22.0 Å². The van der Waals surface area contributed by atoms with E-state index in [0.717, 1.165) is 40.4 Å². The molecule has 7 nitrogen and oxygen atoms in total. The van der Waals surface area contributed by atoms with Gasteiger partial charge in [-0.3, -0.25) is 4.68 Å². The minimum absolute atomic E-state index is 0.201. The number of benzene rings is 3. The van der Waals surface area contributed by atoms with E-state index in [-0.39, 0.29) is 11.5 Å². The zero-order valence-electron chi connectivity index (χ0n) is 23.7. The summed E-state index contributed by atoms with van der Waals surface area (Å²) in [5, 5.41) is 14.9. The number of aromatic nitrogens is 2. The summed E-state index contributed by atoms with van der Waals surface area (Å²) in [4.78, 5) is 14.5. The Hall–Kier alpha value is -4.15. The van der Waals surface area contributed by atoms with Crippen molar-refractivity contribution in [1.82, 2.24) is 14.7 Å². The van der Waals surface area contributed by atoms with Crippen molar-refractivity contribution >= 4 is 17.0 Å². The van der Waals surface area contributed by atoms with Gasteiger partial charge in [-0.05, 0) is 74.6 Å². The van der Waals surface area contributed by atoms with E-state index in [4.69, 9.17) is 14.6 Å². The first kappa shape index (κ1) is 27.4. The molecule has 7 heteroatoms. The zero-order valence-corrected chi connectivity index (χ0v) is 23.7. The number of ether oxygens (including phenoxy) is 2. The fourth-order valence-electron chi connectivity index (χ4n) is 5.45. The highest BCUT2D eigenvalue weighted by atomic mass is 16.6. The molecule has 0 N–H and O–H groups in total. The highest BCUT2D eigenvalue weighted by Gasteiger charge is 2.38. The third-order valence-electron chi connectivity index (χ3n) is 7.54. The van der Waals surface area contributed by atoms with Crippen LogP contribution in [0.3, 0.4) is 0 Å². The molecule has 1 aromatic heterocycles. The summed E-state index contributed by atoms with van der Waals surface area (Å²) in [5.41, 5.74) is 5.20. The maximum absolute atomic E-state index is 12.7. The van der Waals surface area contributed by atoms with Crippen LogP contribution in [-0.4, -0.2) is 46.1 Å². The molecule has 1 amide bonds. The number of piperidine rings is 1. The minimum atomic E-state index is -0.517. The normalized spacial score (nSPS) is 15.1. The van der Waals surface area contributed by atoms with E-state index in [2.05, 4.69) is 42.5 Å². The highest BCUT2D eigenvalue weighted by Crippen LogP contribution is 2.37. The number of carbonyl (C=O) groups excluding carboxylic acids is 1. The average Bonchev–Trinajstić information content (AvgIpc) is 3.33. The lowest BCUT2D eigenvalue weighted by molar-refractivity contribution is 0.00342. The molecule has 0 saturated carbocycles. The van der Waals surface area contributed by atoms with Crippen LogP contribution < -0.4 is 0 Å². The molecular formula is C33H36N4O3. The molecule has 0 bridgehead atoms. The van der Waals surface area contributed by atoms with Gasteiger partial charge in [-0.15, -0.1) is 0 Å². The Morgan fingerprint density at radius 1 is 1.02 bits per heavy atom. The number of nitrogens with zero attached hydrogens (tertiary/aromatic N) is 4. The van der Waals surface area contributed by atoms with E-state index in [9.17, 15) is 10.1 Å². The fraction of sp³-hybridized carbons (Fsp3) is 0.364. The summed E-state index contributed by atoms with van der Waals surface area (Å²) < 4.78 is 14.0. The van der Waals surface area contributed by atoms with Gasteiger partial charge in [0.25, 0.3) is 0 Å². The number of fused-ring (bicyclic) bond motifs is 1. The average molecular weight is 537 g/mol. The standard InChI is InChI=1S/C33H36N4O3/c1-32(2,3)40-31(38)37-16-14-33(15-17-37,29-8-6-5-7-9-29)23-39-22-28-19-26(18-27-21-36(4)35-30(27)28)25-12-10-24(20-34)11-13-25/h5-13,18-19,21H,14-17,22-23H2,1-4H3. The van der Waals surface area contributed by atoms with Gasteiger partial charge in [0.15, 0.2) is 0 Å². The second kappa shape index (κ2) is 11.1. The van der Waals surface area contributed by atoms with Crippen molar-refractivity contribution < 1.29 is 14.3 Å². The number of amides is 1. The molecule has 1 fully saturated rings. The van der Waals surface area contributed by atoms with E-state index in [1.165, 1.54) is 5.56 Å². The third kappa shape index (κ3) is 6.03. The lowest BCUT2D eigenvalue weighted by Crippen LogP contribution is -2.48. The molecule has 0 unspecified atom stereocenters. The second-order valence-electron chi connectivity index (χ2n) is 11.7. The van der Waals surface area contributed by atoms with E-state index in [0.29, 0.717) is 31.9 Å². The molecule has 3 aromatic carbocycles. The first-order valence-electron chi connectivity index (χ1n) is 13.7. The van der Waals surface area contributed by atoms with Gasteiger partial charge in [0.05, 0.1) is 30.4 Å². The van der Waals surface area contributed by atoms with Gasteiger partial charge >= 0.3 is 6.09 Å². The maximum atomic E-state index is 12.7. The van der Waals surface area contributed by atoms with Crippen LogP contribution >= 0.6 is 0 Å². The van der Waals surface area contributed by atoms with Crippen LogP contribution in [0.1, 0.15) is 50.3 Å². The van der Waals surface area contributed by atoms with E-state index in [1.807, 2.05) is 73.9 Å². The number of rotatable bonds is 6. The van der Waals surface area contributed by atoms with Crippen molar-refractivity contribution in [2.45, 2.75) is 51.2 Å². The Kier molecular flexibility index (Phi) is 7.64. The van der Waals surface area contributed by atoms with E-state index >= 15 is 0 Å². The fourth-order valence-corrected chi connectivity index (χ4v) is 5.45. The van der Waals surface area contributed by atoms with Crippen LogP contribution in [0.2, 0.25) is 0 Å². The molecule has 0 aliphatic carbocycles. The van der Waals surface area contributed by atoms with Gasteiger partial charge in [0.2, 0.25) is 0 Å². The Morgan fingerprint density at radius 2 is 1.73 bits per heavy atom. The molecule has 4 aromatic rings. The molecule has 40 heavy (non-hydrogen) atoms. The third-order valence-corrected chi connectivity index (χ3v) is 7.54. The van der Waals surface area contributed by atoms with Crippen LogP contribution in [0.15, 0.2) is 72.9 Å². The highest BCUT2D eigenvalue weighted by molar-refractivity contribution is 5.87. The van der Waals surface area contributed by atoms with Crippen molar-refractivity contribution in [1.29, 1.82) is 5.26 Å². The summed E-state index contributed by atoms with van der Waals surface area (Å²) in [6.07, 6.45) is 3.34. The number of carbonyl (C=O) groups is 1. The minimum Gasteiger partial charge on any atom is -0.444 e. The molecule has 206 valence electrons. The quantitative estimate of drug-likeness (QED) is 0.277. The smallest absolute Gasteiger partial charge is 0.410 e. The Balaban J connectivity index is 1.36. The van der Waals surface area contributed by atoms with Gasteiger partial charge in [0.1, 0.15) is 5.60 Å². The monoisotopic (exact) mass is 536 g/mol. The second-order valence-corrected chi connectivity index (χ2v) is 11.7. The number of hydrogen-bond donors (Lipinski definition) is 0. The van der Waals surface area contributed by atoms with Crippen LogP contribution in [-0.2, 0) is 28.5 Å². The molecule has 1 aliphatic heterocycles. The molecule has 0 atom stereocenters. The summed E-state index contributed by atoms with van der Waals surface area (Å²) >= 11 is 0. The molecule has 1 saturated heterocycles. The topological polar surface area (TPSA) is 80.4 Å². The van der Waals surface area contributed by atoms with Crippen molar-refractivity contribution in [3.05, 3.63) is 89.6 Å². The zero-order chi connectivity index (χ0) is 28.3. The first-order chi connectivity index (χ1) is 19.2. The van der Waals surface area contributed by atoms with Crippen LogP contribution in [0.5, 0.6) is 0 Å². The molecule has 5 rings (SSSR count). The molecule has 1 aliphatic rings. The number of likely N-dealkylation sites (tertiary alicyclic amines) is 1. The predicted molar refractivity (Wildman–Crippen MR) is 156 cm³/mol. The van der Waals surface area contributed by atoms with Gasteiger partial charge in [0, 0.05) is 42.7 Å². The van der Waals surface area contributed by atoms with Crippen molar-refractivity contribution in [2.24, 2.45) is 7.05 Å². The Bertz CT molecular complexity index is 1520. The number of nitriles is 1. The van der Waals surface area contributed by atoms with E-state index < -0.39 is 5.60 Å². The van der Waals surface area contributed by atoms with Crippen molar-refractivity contribution in [2.75, 3.05) is 19.7 Å². The Labute approximate surface area is 235 Å². The van der Waals surface area contributed by atoms with Crippen LogP contribution in [0.4, 0.5) is 4.79 Å². The summed E-state index contributed by atoms with van der Waals surface area (Å²) in [5.74, 6) is 0. The number of hydrogen-bond acceptors (Lipinski definition) is 5. The molecule has 0 spiro atoms. The molecule has 2 heterocycles. The van der Waals surface area contributed by atoms with Crippen molar-refractivity contribution in [3.63, 3.8) is 0 Å². The van der Waals surface area contributed by atoms with E-state index in [1.54, 1.807) is 0 Å². The Morgan fingerprint density at radius 3 is 2.38 bits per heavy atom.